The number of hydrogen-bond acceptors (Lipinski definition) is 1. The molecule has 0 spiro atoms. The van der Waals surface area contributed by atoms with Crippen molar-refractivity contribution in [3.8, 4) is 10.4 Å². The predicted octanol–water partition coefficient (Wildman–Crippen LogP) is 3.60. The molecule has 1 heteroatoms. The summed E-state index contributed by atoms with van der Waals surface area (Å²) < 4.78 is 0. The summed E-state index contributed by atoms with van der Waals surface area (Å²) in [7, 11) is 0. The van der Waals surface area contributed by atoms with E-state index in [0.717, 1.165) is 5.56 Å². The molecule has 1 aromatic heterocycles. The molecule has 2 aromatic rings. The minimum atomic E-state index is 1.07. The Kier molecular flexibility index (Phi) is 1.96. The average molecular weight is 173 g/mol. The molecule has 0 unspecified atom stereocenters. The zero-order valence-electron chi connectivity index (χ0n) is 6.66. The van der Waals surface area contributed by atoms with Gasteiger partial charge in [0.1, 0.15) is 0 Å². The number of benzene rings is 1. The van der Waals surface area contributed by atoms with Gasteiger partial charge in [0.2, 0.25) is 0 Å². The van der Waals surface area contributed by atoms with Crippen molar-refractivity contribution in [2.24, 2.45) is 0 Å². The third-order valence-electron chi connectivity index (χ3n) is 1.73. The van der Waals surface area contributed by atoms with Gasteiger partial charge in [0.05, 0.1) is 0 Å². The maximum absolute atomic E-state index is 3.90. The van der Waals surface area contributed by atoms with Gasteiger partial charge in [-0.1, -0.05) is 30.3 Å². The highest BCUT2D eigenvalue weighted by Gasteiger charge is 1.96. The second-order valence-corrected chi connectivity index (χ2v) is 3.63. The van der Waals surface area contributed by atoms with Crippen molar-refractivity contribution in [2.45, 2.75) is 0 Å². The molecule has 0 amide bonds. The number of hydrogen-bond donors (Lipinski definition) is 0. The van der Waals surface area contributed by atoms with Crippen LogP contribution in [0, 0.1) is 6.92 Å². The Labute approximate surface area is 76.5 Å². The summed E-state index contributed by atoms with van der Waals surface area (Å²) in [6.45, 7) is 3.90. The van der Waals surface area contributed by atoms with Gasteiger partial charge in [-0.2, -0.15) is 0 Å². The van der Waals surface area contributed by atoms with E-state index in [1.54, 1.807) is 11.3 Å². The second kappa shape index (κ2) is 3.11. The Morgan fingerprint density at radius 3 is 2.67 bits per heavy atom. The van der Waals surface area contributed by atoms with Crippen molar-refractivity contribution in [3.63, 3.8) is 0 Å². The fourth-order valence-electron chi connectivity index (χ4n) is 1.17. The smallest absolute Gasteiger partial charge is 0.0342 e. The molecule has 0 aliphatic heterocycles. The Morgan fingerprint density at radius 2 is 2.00 bits per heavy atom. The number of thiophene rings is 1. The average Bonchev–Trinajstić information content (AvgIpc) is 2.56. The molecule has 1 heterocycles. The van der Waals surface area contributed by atoms with Crippen LogP contribution in [0.4, 0.5) is 0 Å². The van der Waals surface area contributed by atoms with Gasteiger partial charge in [0, 0.05) is 4.88 Å². The highest BCUT2D eigenvalue weighted by atomic mass is 32.1. The summed E-state index contributed by atoms with van der Waals surface area (Å²) in [4.78, 5) is 1.31. The second-order valence-electron chi connectivity index (χ2n) is 2.68. The van der Waals surface area contributed by atoms with Gasteiger partial charge < -0.3 is 0 Å². The first-order chi connectivity index (χ1) is 5.86. The van der Waals surface area contributed by atoms with Gasteiger partial charge in [-0.05, 0) is 29.5 Å². The molecule has 0 fully saturated rings. The van der Waals surface area contributed by atoms with Gasteiger partial charge in [0.25, 0.3) is 0 Å². The van der Waals surface area contributed by atoms with E-state index >= 15 is 0 Å². The fourth-order valence-corrected chi connectivity index (χ4v) is 1.89. The van der Waals surface area contributed by atoms with Crippen molar-refractivity contribution >= 4 is 11.3 Å². The zero-order valence-corrected chi connectivity index (χ0v) is 7.47. The zero-order chi connectivity index (χ0) is 8.39. The lowest BCUT2D eigenvalue weighted by atomic mass is 10.1. The van der Waals surface area contributed by atoms with Crippen LogP contribution in [0.3, 0.4) is 0 Å². The normalized spacial score (nSPS) is 10.1. The maximum atomic E-state index is 3.90. The topological polar surface area (TPSA) is 0 Å². The molecule has 12 heavy (non-hydrogen) atoms. The lowest BCUT2D eigenvalue weighted by Gasteiger charge is -1.97. The molecule has 1 aromatic carbocycles. The minimum Gasteiger partial charge on any atom is -0.144 e. The van der Waals surface area contributed by atoms with Crippen LogP contribution in [-0.2, 0) is 0 Å². The molecule has 0 aliphatic rings. The molecule has 0 aliphatic carbocycles. The SMILES string of the molecule is [CH2]c1cccc(-c2cccs2)c1. The van der Waals surface area contributed by atoms with Crippen molar-refractivity contribution in [1.82, 2.24) is 0 Å². The van der Waals surface area contributed by atoms with Crippen molar-refractivity contribution in [3.05, 3.63) is 54.3 Å². The van der Waals surface area contributed by atoms with Gasteiger partial charge in [-0.15, -0.1) is 11.3 Å². The van der Waals surface area contributed by atoms with Crippen LogP contribution in [0.25, 0.3) is 10.4 Å². The van der Waals surface area contributed by atoms with E-state index in [1.807, 2.05) is 12.1 Å². The summed E-state index contributed by atoms with van der Waals surface area (Å²) in [6, 6.07) is 12.5. The van der Waals surface area contributed by atoms with Crippen molar-refractivity contribution in [1.29, 1.82) is 0 Å². The van der Waals surface area contributed by atoms with Crippen LogP contribution in [0.2, 0.25) is 0 Å². The van der Waals surface area contributed by atoms with Gasteiger partial charge in [0.15, 0.2) is 0 Å². The van der Waals surface area contributed by atoms with E-state index in [9.17, 15) is 0 Å². The van der Waals surface area contributed by atoms with Crippen LogP contribution >= 0.6 is 11.3 Å². The maximum Gasteiger partial charge on any atom is 0.0342 e. The predicted molar refractivity (Wildman–Crippen MR) is 54.2 cm³/mol. The Balaban J connectivity index is 2.48. The summed E-state index contributed by atoms with van der Waals surface area (Å²) in [5.41, 5.74) is 2.33. The summed E-state index contributed by atoms with van der Waals surface area (Å²) >= 11 is 1.76. The summed E-state index contributed by atoms with van der Waals surface area (Å²) in [5, 5.41) is 2.09. The minimum absolute atomic E-state index is 1.07. The Hall–Kier alpha value is -1.08. The van der Waals surface area contributed by atoms with E-state index in [1.165, 1.54) is 10.4 Å². The van der Waals surface area contributed by atoms with Crippen LogP contribution < -0.4 is 0 Å². The Morgan fingerprint density at radius 1 is 1.08 bits per heavy atom. The molecule has 0 saturated heterocycles. The van der Waals surface area contributed by atoms with Crippen LogP contribution in [-0.4, -0.2) is 0 Å². The molecule has 59 valence electrons. The molecular weight excluding hydrogens is 164 g/mol. The largest absolute Gasteiger partial charge is 0.144 e. The van der Waals surface area contributed by atoms with Gasteiger partial charge in [-0.25, -0.2) is 0 Å². The highest BCUT2D eigenvalue weighted by molar-refractivity contribution is 7.13. The van der Waals surface area contributed by atoms with E-state index in [-0.39, 0.29) is 0 Å². The number of rotatable bonds is 1. The van der Waals surface area contributed by atoms with Crippen molar-refractivity contribution in [2.75, 3.05) is 0 Å². The molecule has 2 rings (SSSR count). The van der Waals surface area contributed by atoms with Crippen LogP contribution in [0.5, 0.6) is 0 Å². The van der Waals surface area contributed by atoms with E-state index in [2.05, 4.69) is 36.6 Å². The molecule has 0 bridgehead atoms. The third-order valence-corrected chi connectivity index (χ3v) is 2.65. The lowest BCUT2D eigenvalue weighted by Crippen LogP contribution is -1.73. The molecule has 1 radical (unpaired) electrons. The monoisotopic (exact) mass is 173 g/mol. The fraction of sp³-hybridized carbons (Fsp3) is 0. The van der Waals surface area contributed by atoms with E-state index in [4.69, 9.17) is 0 Å². The molecule has 0 saturated carbocycles. The van der Waals surface area contributed by atoms with Gasteiger partial charge >= 0.3 is 0 Å². The van der Waals surface area contributed by atoms with E-state index in [0.29, 0.717) is 0 Å². The van der Waals surface area contributed by atoms with Crippen LogP contribution in [0.15, 0.2) is 41.8 Å². The van der Waals surface area contributed by atoms with Crippen molar-refractivity contribution < 1.29 is 0 Å². The quantitative estimate of drug-likeness (QED) is 0.618. The Bertz CT molecular complexity index is 360. The first-order valence-corrected chi connectivity index (χ1v) is 4.70. The molecule has 0 N–H and O–H groups in total. The molecule has 0 atom stereocenters. The standard InChI is InChI=1S/C11H9S/c1-9-4-2-5-10(8-9)11-6-3-7-12-11/h2-8H,1H2. The first kappa shape index (κ1) is 7.56. The highest BCUT2D eigenvalue weighted by Crippen LogP contribution is 2.24. The summed E-state index contributed by atoms with van der Waals surface area (Å²) in [6.07, 6.45) is 0. The first-order valence-electron chi connectivity index (χ1n) is 3.82. The molecular formula is C11H9S. The van der Waals surface area contributed by atoms with Crippen LogP contribution in [0.1, 0.15) is 5.56 Å². The van der Waals surface area contributed by atoms with E-state index < -0.39 is 0 Å². The molecule has 0 nitrogen and oxygen atoms in total. The third kappa shape index (κ3) is 1.41. The summed E-state index contributed by atoms with van der Waals surface area (Å²) in [5.74, 6) is 0. The van der Waals surface area contributed by atoms with Gasteiger partial charge in [-0.3, -0.25) is 0 Å². The lowest BCUT2D eigenvalue weighted by molar-refractivity contribution is 1.61.